The Hall–Kier alpha value is -2.07. The van der Waals surface area contributed by atoms with E-state index in [2.05, 4.69) is 70.2 Å². The van der Waals surface area contributed by atoms with Crippen LogP contribution in [0.4, 0.5) is 0 Å². The summed E-state index contributed by atoms with van der Waals surface area (Å²) in [6.07, 6.45) is 10.4. The van der Waals surface area contributed by atoms with Crippen LogP contribution in [0.5, 0.6) is 0 Å². The lowest BCUT2D eigenvalue weighted by Crippen LogP contribution is -2.23. The first-order chi connectivity index (χ1) is 14.0. The van der Waals surface area contributed by atoms with Gasteiger partial charge in [0, 0.05) is 0 Å². The van der Waals surface area contributed by atoms with Gasteiger partial charge in [-0.1, -0.05) is 63.8 Å². The lowest BCUT2D eigenvalue weighted by Gasteiger charge is -2.35. The van der Waals surface area contributed by atoms with E-state index in [0.29, 0.717) is 5.92 Å². The molecule has 2 unspecified atom stereocenters. The summed E-state index contributed by atoms with van der Waals surface area (Å²) in [7, 11) is 0. The maximum atomic E-state index is 9.30. The van der Waals surface area contributed by atoms with Crippen LogP contribution in [0.1, 0.15) is 91.7 Å². The van der Waals surface area contributed by atoms with Gasteiger partial charge < -0.3 is 0 Å². The van der Waals surface area contributed by atoms with E-state index in [0.717, 1.165) is 23.8 Å². The molecule has 0 saturated heterocycles. The second-order valence-electron chi connectivity index (χ2n) is 9.31. The van der Waals surface area contributed by atoms with E-state index in [1.54, 1.807) is 11.1 Å². The Morgan fingerprint density at radius 2 is 1.83 bits per heavy atom. The summed E-state index contributed by atoms with van der Waals surface area (Å²) < 4.78 is 0. The van der Waals surface area contributed by atoms with E-state index in [4.69, 9.17) is 0 Å². The molecule has 1 nitrogen and oxygen atoms in total. The van der Waals surface area contributed by atoms with E-state index in [-0.39, 0.29) is 0 Å². The third kappa shape index (κ3) is 5.30. The molecular weight excluding hydrogens is 350 g/mol. The number of aryl methyl sites for hydroxylation is 3. The molecule has 0 radical (unpaired) electrons. The minimum absolute atomic E-state index is 0.605. The number of rotatable bonds is 8. The minimum atomic E-state index is 0.605. The van der Waals surface area contributed by atoms with Gasteiger partial charge in [0.25, 0.3) is 0 Å². The predicted octanol–water partition coefficient (Wildman–Crippen LogP) is 7.67. The largest absolute Gasteiger partial charge is 0.192 e. The van der Waals surface area contributed by atoms with Crippen molar-refractivity contribution in [3.8, 4) is 6.07 Å². The summed E-state index contributed by atoms with van der Waals surface area (Å²) in [5.74, 6) is 2.24. The fraction of sp³-hybridized carbons (Fsp3) is 0.536. The Balaban J connectivity index is 1.80. The van der Waals surface area contributed by atoms with Gasteiger partial charge in [0.2, 0.25) is 0 Å². The van der Waals surface area contributed by atoms with E-state index in [1.165, 1.54) is 61.6 Å². The van der Waals surface area contributed by atoms with Gasteiger partial charge in [-0.3, -0.25) is 0 Å². The Bertz CT molecular complexity index is 834. The van der Waals surface area contributed by atoms with Gasteiger partial charge in [-0.05, 0) is 97.2 Å². The number of hydrogen-bond donors (Lipinski definition) is 0. The predicted molar refractivity (Wildman–Crippen MR) is 123 cm³/mol. The van der Waals surface area contributed by atoms with Gasteiger partial charge >= 0.3 is 0 Å². The highest BCUT2D eigenvalue weighted by molar-refractivity contribution is 5.44. The van der Waals surface area contributed by atoms with Crippen LogP contribution in [0.15, 0.2) is 36.4 Å². The number of fused-ring (bicyclic) bond motifs is 1. The molecule has 0 heterocycles. The van der Waals surface area contributed by atoms with Crippen molar-refractivity contribution >= 4 is 0 Å². The smallest absolute Gasteiger partial charge is 0.0991 e. The molecule has 0 spiro atoms. The molecule has 2 aromatic carbocycles. The first-order valence-electron chi connectivity index (χ1n) is 11.6. The molecule has 0 fully saturated rings. The van der Waals surface area contributed by atoms with Crippen molar-refractivity contribution in [1.29, 1.82) is 5.26 Å². The molecule has 29 heavy (non-hydrogen) atoms. The van der Waals surface area contributed by atoms with Crippen LogP contribution < -0.4 is 0 Å². The number of unbranched alkanes of at least 4 members (excludes halogenated alkanes) is 1. The zero-order chi connectivity index (χ0) is 20.8. The van der Waals surface area contributed by atoms with E-state index >= 15 is 0 Å². The van der Waals surface area contributed by atoms with Crippen molar-refractivity contribution < 1.29 is 0 Å². The molecule has 3 atom stereocenters. The Morgan fingerprint density at radius 1 is 1.10 bits per heavy atom. The number of nitrogens with zero attached hydrogens (tertiary/aromatic N) is 1. The first-order valence-corrected chi connectivity index (χ1v) is 11.6. The fourth-order valence-electron chi connectivity index (χ4n) is 5.25. The molecule has 0 saturated carbocycles. The Kier molecular flexibility index (Phi) is 7.54. The second kappa shape index (κ2) is 10.1. The molecule has 0 amide bonds. The third-order valence-electron chi connectivity index (χ3n) is 7.28. The monoisotopic (exact) mass is 387 g/mol. The summed E-state index contributed by atoms with van der Waals surface area (Å²) in [6.45, 7) is 9.05. The average molecular weight is 388 g/mol. The van der Waals surface area contributed by atoms with Crippen LogP contribution in [0.25, 0.3) is 0 Å². The van der Waals surface area contributed by atoms with Crippen molar-refractivity contribution in [3.05, 3.63) is 69.8 Å². The van der Waals surface area contributed by atoms with Crippen molar-refractivity contribution in [3.63, 3.8) is 0 Å². The van der Waals surface area contributed by atoms with Crippen LogP contribution in [0.2, 0.25) is 0 Å². The van der Waals surface area contributed by atoms with Crippen molar-refractivity contribution in [2.24, 2.45) is 11.8 Å². The number of nitriles is 1. The minimum Gasteiger partial charge on any atom is -0.192 e. The average Bonchev–Trinajstić information content (AvgIpc) is 2.73. The highest BCUT2D eigenvalue weighted by atomic mass is 14.3. The van der Waals surface area contributed by atoms with E-state index < -0.39 is 0 Å². The Labute approximate surface area is 178 Å². The summed E-state index contributed by atoms with van der Waals surface area (Å²) in [6, 6.07) is 15.6. The summed E-state index contributed by atoms with van der Waals surface area (Å²) in [5.41, 5.74) is 7.93. The second-order valence-corrected chi connectivity index (χ2v) is 9.31. The third-order valence-corrected chi connectivity index (χ3v) is 7.28. The van der Waals surface area contributed by atoms with Gasteiger partial charge in [-0.25, -0.2) is 0 Å². The van der Waals surface area contributed by atoms with Crippen molar-refractivity contribution in [2.45, 2.75) is 85.0 Å². The van der Waals surface area contributed by atoms with E-state index in [1.807, 2.05) is 0 Å². The normalized spacial score (nSPS) is 19.4. The van der Waals surface area contributed by atoms with Crippen LogP contribution in [0, 0.1) is 37.0 Å². The summed E-state index contributed by atoms with van der Waals surface area (Å²) in [5, 5.41) is 9.30. The Morgan fingerprint density at radius 3 is 2.52 bits per heavy atom. The lowest BCUT2D eigenvalue weighted by atomic mass is 9.70. The van der Waals surface area contributed by atoms with Crippen molar-refractivity contribution in [1.82, 2.24) is 0 Å². The molecule has 0 N–H and O–H groups in total. The van der Waals surface area contributed by atoms with Crippen molar-refractivity contribution in [2.75, 3.05) is 0 Å². The first kappa shape index (κ1) is 21.6. The molecule has 0 aliphatic heterocycles. The molecule has 3 rings (SSSR count). The van der Waals surface area contributed by atoms with Gasteiger partial charge in [0.1, 0.15) is 0 Å². The molecule has 1 heteroatoms. The molecule has 1 aliphatic rings. The maximum Gasteiger partial charge on any atom is 0.0991 e. The maximum absolute atomic E-state index is 9.30. The van der Waals surface area contributed by atoms with Crippen LogP contribution in [-0.2, 0) is 12.8 Å². The summed E-state index contributed by atoms with van der Waals surface area (Å²) >= 11 is 0. The number of hydrogen-bond acceptors (Lipinski definition) is 1. The van der Waals surface area contributed by atoms with Gasteiger partial charge in [-0.2, -0.15) is 5.26 Å². The quantitative estimate of drug-likeness (QED) is 0.426. The molecule has 154 valence electrons. The number of benzene rings is 2. The highest BCUT2D eigenvalue weighted by Gasteiger charge is 2.30. The fourth-order valence-corrected chi connectivity index (χ4v) is 5.25. The summed E-state index contributed by atoms with van der Waals surface area (Å²) in [4.78, 5) is 0. The molecule has 0 aromatic heterocycles. The zero-order valence-electron chi connectivity index (χ0n) is 18.8. The lowest BCUT2D eigenvalue weighted by molar-refractivity contribution is 0.328. The molecule has 0 bridgehead atoms. The highest BCUT2D eigenvalue weighted by Crippen LogP contribution is 2.42. The zero-order valence-corrected chi connectivity index (χ0v) is 18.8. The standard InChI is InChI=1S/C28H37N/c1-5-20(2)10-6-7-12-25-15-14-24-11-8-9-13-26(24)28(25)18-27-21(3)16-23(19-29)17-22(27)4/h8-9,11,13,16-17,20,25,28H,5-7,10,12,14-15,18H2,1-4H3/t20?,25?,28-/m1/s1. The van der Waals surface area contributed by atoms with Crippen LogP contribution >= 0.6 is 0 Å². The van der Waals surface area contributed by atoms with Gasteiger partial charge in [0.05, 0.1) is 11.6 Å². The molecular formula is C28H37N. The SMILES string of the molecule is CCC(C)CCCCC1CCc2ccccc2[C@@H]1Cc1c(C)cc(C#N)cc1C. The van der Waals surface area contributed by atoms with Crippen LogP contribution in [-0.4, -0.2) is 0 Å². The molecule has 1 aliphatic carbocycles. The topological polar surface area (TPSA) is 23.8 Å². The van der Waals surface area contributed by atoms with E-state index in [9.17, 15) is 5.26 Å². The van der Waals surface area contributed by atoms with Crippen LogP contribution in [0.3, 0.4) is 0 Å². The van der Waals surface area contributed by atoms with Gasteiger partial charge in [-0.15, -0.1) is 0 Å². The molecule has 2 aromatic rings. The van der Waals surface area contributed by atoms with Gasteiger partial charge in [0.15, 0.2) is 0 Å².